The molecule has 0 radical (unpaired) electrons. The molecule has 1 aliphatic rings. The van der Waals surface area contributed by atoms with Crippen molar-refractivity contribution in [1.29, 1.82) is 0 Å². The lowest BCUT2D eigenvalue weighted by molar-refractivity contribution is 0.469. The van der Waals surface area contributed by atoms with Crippen LogP contribution in [0.15, 0.2) is 36.4 Å². The van der Waals surface area contributed by atoms with Crippen LogP contribution in [0.2, 0.25) is 5.02 Å². The SMILES string of the molecule is Oc1cccc2c1CCC2Nc1ccc(Cl)cc1F. The molecule has 1 unspecified atom stereocenters. The highest BCUT2D eigenvalue weighted by atomic mass is 35.5. The number of nitrogens with one attached hydrogen (secondary N) is 1. The summed E-state index contributed by atoms with van der Waals surface area (Å²) in [6.07, 6.45) is 1.64. The van der Waals surface area contributed by atoms with E-state index in [0.29, 0.717) is 16.5 Å². The number of halogens is 2. The van der Waals surface area contributed by atoms with Crippen molar-refractivity contribution >= 4 is 17.3 Å². The number of benzene rings is 2. The van der Waals surface area contributed by atoms with Crippen LogP contribution in [0.5, 0.6) is 5.75 Å². The fraction of sp³-hybridized carbons (Fsp3) is 0.200. The van der Waals surface area contributed by atoms with E-state index in [2.05, 4.69) is 5.32 Å². The van der Waals surface area contributed by atoms with E-state index in [9.17, 15) is 9.50 Å². The summed E-state index contributed by atoms with van der Waals surface area (Å²) in [5.74, 6) is -0.0421. The first-order chi connectivity index (χ1) is 9.15. The van der Waals surface area contributed by atoms with Gasteiger partial charge in [-0.2, -0.15) is 0 Å². The normalized spacial score (nSPS) is 17.3. The van der Waals surface area contributed by atoms with Crippen molar-refractivity contribution in [2.24, 2.45) is 0 Å². The number of hydrogen-bond donors (Lipinski definition) is 2. The molecule has 0 aromatic heterocycles. The van der Waals surface area contributed by atoms with Crippen molar-refractivity contribution in [3.63, 3.8) is 0 Å². The van der Waals surface area contributed by atoms with E-state index >= 15 is 0 Å². The largest absolute Gasteiger partial charge is 0.508 e. The highest BCUT2D eigenvalue weighted by molar-refractivity contribution is 6.30. The maximum Gasteiger partial charge on any atom is 0.147 e. The van der Waals surface area contributed by atoms with E-state index in [1.54, 1.807) is 18.2 Å². The van der Waals surface area contributed by atoms with E-state index < -0.39 is 0 Å². The highest BCUT2D eigenvalue weighted by Crippen LogP contribution is 2.38. The summed E-state index contributed by atoms with van der Waals surface area (Å²) in [5.41, 5.74) is 2.43. The Morgan fingerprint density at radius 3 is 2.89 bits per heavy atom. The van der Waals surface area contributed by atoms with Crippen LogP contribution in [0.4, 0.5) is 10.1 Å². The first-order valence-electron chi connectivity index (χ1n) is 6.17. The van der Waals surface area contributed by atoms with E-state index in [0.717, 1.165) is 24.0 Å². The van der Waals surface area contributed by atoms with Gasteiger partial charge in [0.1, 0.15) is 11.6 Å². The zero-order valence-corrected chi connectivity index (χ0v) is 10.9. The molecule has 2 aromatic rings. The van der Waals surface area contributed by atoms with Gasteiger partial charge in [0.2, 0.25) is 0 Å². The van der Waals surface area contributed by atoms with Gasteiger partial charge in [-0.1, -0.05) is 23.7 Å². The lowest BCUT2D eigenvalue weighted by Gasteiger charge is -2.16. The monoisotopic (exact) mass is 277 g/mol. The first kappa shape index (κ1) is 12.3. The Bertz CT molecular complexity index is 630. The Balaban J connectivity index is 1.89. The number of rotatable bonds is 2. The van der Waals surface area contributed by atoms with Crippen LogP contribution in [0.1, 0.15) is 23.6 Å². The molecule has 0 saturated carbocycles. The zero-order chi connectivity index (χ0) is 13.4. The fourth-order valence-electron chi connectivity index (χ4n) is 2.58. The number of anilines is 1. The lowest BCUT2D eigenvalue weighted by atomic mass is 10.1. The average molecular weight is 278 g/mol. The molecule has 98 valence electrons. The van der Waals surface area contributed by atoms with Gasteiger partial charge >= 0.3 is 0 Å². The predicted octanol–water partition coefficient (Wildman–Crippen LogP) is 4.28. The van der Waals surface area contributed by atoms with Crippen LogP contribution in [-0.2, 0) is 6.42 Å². The number of phenols is 1. The zero-order valence-electron chi connectivity index (χ0n) is 10.2. The average Bonchev–Trinajstić information content (AvgIpc) is 2.78. The summed E-state index contributed by atoms with van der Waals surface area (Å²) < 4.78 is 13.8. The smallest absolute Gasteiger partial charge is 0.147 e. The standard InChI is InChI=1S/C15H13ClFNO/c16-9-4-6-14(12(17)8-9)18-13-7-5-11-10(13)2-1-3-15(11)19/h1-4,6,8,13,18-19H,5,7H2. The van der Waals surface area contributed by atoms with E-state index in [4.69, 9.17) is 11.6 Å². The summed E-state index contributed by atoms with van der Waals surface area (Å²) in [6.45, 7) is 0. The quantitative estimate of drug-likeness (QED) is 0.858. The topological polar surface area (TPSA) is 32.3 Å². The molecule has 1 atom stereocenters. The van der Waals surface area contributed by atoms with Gasteiger partial charge in [0.25, 0.3) is 0 Å². The van der Waals surface area contributed by atoms with Gasteiger partial charge in [-0.05, 0) is 48.2 Å². The Hall–Kier alpha value is -1.74. The second-order valence-electron chi connectivity index (χ2n) is 4.70. The Labute approximate surface area is 115 Å². The van der Waals surface area contributed by atoms with Gasteiger partial charge in [0.15, 0.2) is 0 Å². The first-order valence-corrected chi connectivity index (χ1v) is 6.55. The Morgan fingerprint density at radius 1 is 1.26 bits per heavy atom. The van der Waals surface area contributed by atoms with Gasteiger partial charge in [0, 0.05) is 5.02 Å². The van der Waals surface area contributed by atoms with Crippen LogP contribution in [0.25, 0.3) is 0 Å². The van der Waals surface area contributed by atoms with Crippen LogP contribution < -0.4 is 5.32 Å². The third-order valence-corrected chi connectivity index (χ3v) is 3.74. The molecule has 1 aliphatic carbocycles. The van der Waals surface area contributed by atoms with Gasteiger partial charge < -0.3 is 10.4 Å². The van der Waals surface area contributed by atoms with E-state index in [1.165, 1.54) is 6.07 Å². The molecule has 3 rings (SSSR count). The van der Waals surface area contributed by atoms with E-state index in [-0.39, 0.29) is 11.9 Å². The van der Waals surface area contributed by atoms with Gasteiger partial charge in [-0.25, -0.2) is 4.39 Å². The van der Waals surface area contributed by atoms with Crippen LogP contribution >= 0.6 is 11.6 Å². The molecule has 4 heteroatoms. The minimum atomic E-state index is -0.360. The molecule has 0 heterocycles. The Morgan fingerprint density at radius 2 is 2.11 bits per heavy atom. The van der Waals surface area contributed by atoms with Crippen molar-refractivity contribution < 1.29 is 9.50 Å². The third-order valence-electron chi connectivity index (χ3n) is 3.51. The molecule has 19 heavy (non-hydrogen) atoms. The summed E-state index contributed by atoms with van der Waals surface area (Å²) in [4.78, 5) is 0. The van der Waals surface area contributed by atoms with Gasteiger partial charge in [0.05, 0.1) is 11.7 Å². The van der Waals surface area contributed by atoms with E-state index in [1.807, 2.05) is 12.1 Å². The molecule has 0 spiro atoms. The summed E-state index contributed by atoms with van der Waals surface area (Å²) >= 11 is 5.73. The third kappa shape index (κ3) is 2.26. The number of aromatic hydroxyl groups is 1. The van der Waals surface area contributed by atoms with Crippen molar-refractivity contribution in [3.8, 4) is 5.75 Å². The molecule has 2 nitrogen and oxygen atoms in total. The fourth-order valence-corrected chi connectivity index (χ4v) is 2.74. The summed E-state index contributed by atoms with van der Waals surface area (Å²) in [7, 11) is 0. The Kier molecular flexibility index (Phi) is 3.07. The predicted molar refractivity (Wildman–Crippen MR) is 74.2 cm³/mol. The van der Waals surface area contributed by atoms with Crippen LogP contribution in [-0.4, -0.2) is 5.11 Å². The molecule has 0 fully saturated rings. The van der Waals surface area contributed by atoms with Gasteiger partial charge in [-0.15, -0.1) is 0 Å². The van der Waals surface area contributed by atoms with Crippen molar-refractivity contribution in [2.75, 3.05) is 5.32 Å². The maximum absolute atomic E-state index is 13.8. The summed E-state index contributed by atoms with van der Waals surface area (Å²) in [5, 5.41) is 13.3. The number of fused-ring (bicyclic) bond motifs is 1. The molecule has 2 N–H and O–H groups in total. The summed E-state index contributed by atoms with van der Waals surface area (Å²) in [6, 6.07) is 10.1. The molecule has 0 amide bonds. The number of phenolic OH excluding ortho intramolecular Hbond substituents is 1. The second kappa shape index (κ2) is 4.74. The molecule has 0 bridgehead atoms. The number of hydrogen-bond acceptors (Lipinski definition) is 2. The maximum atomic E-state index is 13.8. The lowest BCUT2D eigenvalue weighted by Crippen LogP contribution is -2.08. The van der Waals surface area contributed by atoms with Crippen LogP contribution in [0.3, 0.4) is 0 Å². The molecular formula is C15H13ClFNO. The molecule has 0 saturated heterocycles. The molecule has 2 aromatic carbocycles. The minimum absolute atomic E-state index is 0.0257. The van der Waals surface area contributed by atoms with Crippen molar-refractivity contribution in [2.45, 2.75) is 18.9 Å². The second-order valence-corrected chi connectivity index (χ2v) is 5.14. The minimum Gasteiger partial charge on any atom is -0.508 e. The van der Waals surface area contributed by atoms with Crippen LogP contribution in [0, 0.1) is 5.82 Å². The molecular weight excluding hydrogens is 265 g/mol. The van der Waals surface area contributed by atoms with Crippen molar-refractivity contribution in [3.05, 3.63) is 58.4 Å². The van der Waals surface area contributed by atoms with Gasteiger partial charge in [-0.3, -0.25) is 0 Å². The highest BCUT2D eigenvalue weighted by Gasteiger charge is 2.25. The molecule has 0 aliphatic heterocycles. The van der Waals surface area contributed by atoms with Crippen molar-refractivity contribution in [1.82, 2.24) is 0 Å².